The van der Waals surface area contributed by atoms with Crippen LogP contribution in [-0.4, -0.2) is 37.2 Å². The lowest BCUT2D eigenvalue weighted by atomic mass is 10.0. The van der Waals surface area contributed by atoms with E-state index in [1.807, 2.05) is 72.9 Å². The molecule has 0 heterocycles. The second kappa shape index (κ2) is 54.4. The lowest BCUT2D eigenvalue weighted by molar-refractivity contribution is -0.167. The average molecular weight is 927 g/mol. The molecule has 0 saturated heterocycles. The predicted molar refractivity (Wildman–Crippen MR) is 288 cm³/mol. The number of ether oxygens (including phenoxy) is 3. The van der Waals surface area contributed by atoms with Crippen molar-refractivity contribution in [3.63, 3.8) is 0 Å². The molecule has 67 heavy (non-hydrogen) atoms. The number of carbonyl (C=O) groups is 3. The second-order valence-corrected chi connectivity index (χ2v) is 17.6. The molecule has 0 radical (unpaired) electrons. The standard InChI is InChI=1S/C61H98O6/c1-4-7-10-13-16-19-22-25-27-29-30-32-33-36-39-42-45-48-51-54-60(63)66-57-58(56-65-59(62)53-50-47-44-41-38-35-24-21-18-15-12-9-6-3)67-61(64)55-52-49-46-43-40-37-34-31-28-26-23-20-17-14-11-8-5-2/h7,9-10,12-13,15-16,18-19,21-22,24-25,27,29-30,32-33,36,39,58H,4-6,8,11,14,17,20,23,26,28,31,34-35,37-38,40-57H2,1-3H3/b10-7-,12-9-,16-13-,18-15-,22-19-,24-21-,27-25-,30-29+,33-32-,39-36-. The van der Waals surface area contributed by atoms with Gasteiger partial charge < -0.3 is 14.2 Å². The van der Waals surface area contributed by atoms with Gasteiger partial charge in [0, 0.05) is 19.3 Å². The molecule has 1 atom stereocenters. The molecule has 0 saturated carbocycles. The quantitative estimate of drug-likeness (QED) is 0.0262. The lowest BCUT2D eigenvalue weighted by Crippen LogP contribution is -2.30. The first-order valence-corrected chi connectivity index (χ1v) is 27.2. The first-order valence-electron chi connectivity index (χ1n) is 27.2. The molecule has 0 fully saturated rings. The van der Waals surface area contributed by atoms with Crippen LogP contribution in [0.2, 0.25) is 0 Å². The highest BCUT2D eigenvalue weighted by atomic mass is 16.6. The van der Waals surface area contributed by atoms with Crippen LogP contribution in [-0.2, 0) is 28.6 Å². The Kier molecular flexibility index (Phi) is 51.0. The summed E-state index contributed by atoms with van der Waals surface area (Å²) in [7, 11) is 0. The molecule has 1 unspecified atom stereocenters. The van der Waals surface area contributed by atoms with Gasteiger partial charge in [-0.1, -0.05) is 271 Å². The lowest BCUT2D eigenvalue weighted by Gasteiger charge is -2.18. The normalized spacial score (nSPS) is 13.1. The summed E-state index contributed by atoms with van der Waals surface area (Å²) in [6, 6.07) is 0. The minimum absolute atomic E-state index is 0.105. The molecule has 0 aromatic heterocycles. The fourth-order valence-electron chi connectivity index (χ4n) is 7.19. The minimum Gasteiger partial charge on any atom is -0.462 e. The number of allylic oxidation sites excluding steroid dienone is 20. The highest BCUT2D eigenvalue weighted by Gasteiger charge is 2.19. The molecule has 0 aromatic carbocycles. The van der Waals surface area contributed by atoms with Crippen LogP contribution >= 0.6 is 0 Å². The van der Waals surface area contributed by atoms with Crippen LogP contribution in [0.3, 0.4) is 0 Å². The highest BCUT2D eigenvalue weighted by Crippen LogP contribution is 2.15. The van der Waals surface area contributed by atoms with Crippen LogP contribution in [0.25, 0.3) is 0 Å². The fraction of sp³-hybridized carbons (Fsp3) is 0.623. The van der Waals surface area contributed by atoms with Gasteiger partial charge in [-0.05, 0) is 57.8 Å². The summed E-state index contributed by atoms with van der Waals surface area (Å²) >= 11 is 0. The van der Waals surface area contributed by atoms with Gasteiger partial charge in [0.15, 0.2) is 6.10 Å². The number of esters is 3. The molecule has 0 bridgehead atoms. The second-order valence-electron chi connectivity index (χ2n) is 17.6. The summed E-state index contributed by atoms with van der Waals surface area (Å²) in [6.45, 7) is 6.30. The van der Waals surface area contributed by atoms with Crippen LogP contribution in [0.4, 0.5) is 0 Å². The van der Waals surface area contributed by atoms with Crippen LogP contribution in [0.15, 0.2) is 122 Å². The first-order chi connectivity index (χ1) is 33.0. The van der Waals surface area contributed by atoms with Crippen molar-refractivity contribution in [2.45, 2.75) is 232 Å². The van der Waals surface area contributed by atoms with E-state index in [0.717, 1.165) is 96.3 Å². The molecule has 0 aromatic rings. The van der Waals surface area contributed by atoms with Crippen molar-refractivity contribution < 1.29 is 28.6 Å². The summed E-state index contributed by atoms with van der Waals surface area (Å²) in [5.74, 6) is -0.971. The molecular weight excluding hydrogens is 829 g/mol. The maximum atomic E-state index is 12.8. The Hall–Kier alpha value is -4.19. The smallest absolute Gasteiger partial charge is 0.306 e. The monoisotopic (exact) mass is 927 g/mol. The molecule has 0 spiro atoms. The third kappa shape index (κ3) is 52.6. The van der Waals surface area contributed by atoms with E-state index >= 15 is 0 Å². The Bertz CT molecular complexity index is 1440. The maximum absolute atomic E-state index is 12.8. The predicted octanol–water partition coefficient (Wildman–Crippen LogP) is 18.1. The van der Waals surface area contributed by atoms with Crippen LogP contribution in [0, 0.1) is 0 Å². The van der Waals surface area contributed by atoms with Crippen LogP contribution in [0.5, 0.6) is 0 Å². The van der Waals surface area contributed by atoms with Gasteiger partial charge >= 0.3 is 17.9 Å². The van der Waals surface area contributed by atoms with E-state index in [0.29, 0.717) is 19.3 Å². The summed E-state index contributed by atoms with van der Waals surface area (Å²) in [6.07, 6.45) is 74.7. The van der Waals surface area contributed by atoms with Gasteiger partial charge in [-0.3, -0.25) is 14.4 Å². The third-order valence-corrected chi connectivity index (χ3v) is 11.2. The molecule has 0 aliphatic carbocycles. The van der Waals surface area contributed by atoms with Gasteiger partial charge in [-0.2, -0.15) is 0 Å². The van der Waals surface area contributed by atoms with Crippen molar-refractivity contribution >= 4 is 17.9 Å². The molecule has 0 amide bonds. The van der Waals surface area contributed by atoms with E-state index < -0.39 is 6.10 Å². The zero-order chi connectivity index (χ0) is 48.6. The largest absolute Gasteiger partial charge is 0.462 e. The van der Waals surface area contributed by atoms with Gasteiger partial charge in [0.2, 0.25) is 0 Å². The van der Waals surface area contributed by atoms with E-state index in [1.165, 1.54) is 89.9 Å². The van der Waals surface area contributed by atoms with E-state index in [4.69, 9.17) is 14.2 Å². The van der Waals surface area contributed by atoms with Crippen molar-refractivity contribution in [3.8, 4) is 0 Å². The average Bonchev–Trinajstić information content (AvgIpc) is 3.33. The van der Waals surface area contributed by atoms with E-state index in [9.17, 15) is 14.4 Å². The molecule has 6 nitrogen and oxygen atoms in total. The summed E-state index contributed by atoms with van der Waals surface area (Å²) in [4.78, 5) is 38.1. The maximum Gasteiger partial charge on any atom is 0.306 e. The number of hydrogen-bond acceptors (Lipinski definition) is 6. The van der Waals surface area contributed by atoms with E-state index in [-0.39, 0.29) is 31.1 Å². The van der Waals surface area contributed by atoms with Crippen LogP contribution in [0.1, 0.15) is 226 Å². The number of rotatable bonds is 47. The van der Waals surface area contributed by atoms with Crippen molar-refractivity contribution in [3.05, 3.63) is 122 Å². The zero-order valence-electron chi connectivity index (χ0n) is 43.1. The Morgan fingerprint density at radius 1 is 0.313 bits per heavy atom. The Labute approximate surface area is 412 Å². The Morgan fingerprint density at radius 3 is 0.925 bits per heavy atom. The number of carbonyl (C=O) groups excluding carboxylic acids is 3. The Morgan fingerprint density at radius 2 is 0.582 bits per heavy atom. The van der Waals surface area contributed by atoms with Crippen molar-refractivity contribution in [2.24, 2.45) is 0 Å². The molecule has 0 aliphatic heterocycles. The number of unbranched alkanes of at least 4 members (excludes halogenated alkanes) is 24. The summed E-state index contributed by atoms with van der Waals surface area (Å²) in [5, 5.41) is 0. The topological polar surface area (TPSA) is 78.9 Å². The Balaban J connectivity index is 4.51. The van der Waals surface area contributed by atoms with Gasteiger partial charge in [0.25, 0.3) is 0 Å². The van der Waals surface area contributed by atoms with Crippen molar-refractivity contribution in [1.82, 2.24) is 0 Å². The molecule has 0 N–H and O–H groups in total. The van der Waals surface area contributed by atoms with Gasteiger partial charge in [-0.15, -0.1) is 0 Å². The van der Waals surface area contributed by atoms with Crippen molar-refractivity contribution in [1.29, 1.82) is 0 Å². The SMILES string of the molecule is CC\C=C/C=C\C=C/C=C\C=C\C=C/C=C\CCCCCC(=O)OCC(COC(=O)CCCCCCC\C=C/C=C\C=C/CC)OC(=O)CCCCCCCCCCCCCCCCCCC. The van der Waals surface area contributed by atoms with Crippen LogP contribution < -0.4 is 0 Å². The molecule has 6 heteroatoms. The summed E-state index contributed by atoms with van der Waals surface area (Å²) < 4.78 is 16.8. The molecular formula is C61H98O6. The van der Waals surface area contributed by atoms with Gasteiger partial charge in [0.1, 0.15) is 13.2 Å². The van der Waals surface area contributed by atoms with E-state index in [2.05, 4.69) is 69.4 Å². The molecule has 0 aliphatic rings. The van der Waals surface area contributed by atoms with Gasteiger partial charge in [0.05, 0.1) is 0 Å². The minimum atomic E-state index is -0.807. The highest BCUT2D eigenvalue weighted by molar-refractivity contribution is 5.71. The number of hydrogen-bond donors (Lipinski definition) is 0. The fourth-order valence-corrected chi connectivity index (χ4v) is 7.19. The zero-order valence-corrected chi connectivity index (χ0v) is 43.1. The molecule has 0 rings (SSSR count). The van der Waals surface area contributed by atoms with E-state index in [1.54, 1.807) is 0 Å². The first kappa shape index (κ1) is 62.8. The summed E-state index contributed by atoms with van der Waals surface area (Å²) in [5.41, 5.74) is 0. The van der Waals surface area contributed by atoms with Gasteiger partial charge in [-0.25, -0.2) is 0 Å². The third-order valence-electron chi connectivity index (χ3n) is 11.2. The molecule has 378 valence electrons. The van der Waals surface area contributed by atoms with Crippen molar-refractivity contribution in [2.75, 3.05) is 13.2 Å².